The Morgan fingerprint density at radius 1 is 1.19 bits per heavy atom. The van der Waals surface area contributed by atoms with E-state index in [0.717, 1.165) is 5.56 Å². The highest BCUT2D eigenvalue weighted by molar-refractivity contribution is 5.82. The third kappa shape index (κ3) is 4.76. The van der Waals surface area contributed by atoms with Crippen LogP contribution in [0.5, 0.6) is 0 Å². The summed E-state index contributed by atoms with van der Waals surface area (Å²) in [5.74, 6) is -0.634. The summed E-state index contributed by atoms with van der Waals surface area (Å²) in [5.41, 5.74) is 2.84. The first-order valence-corrected chi connectivity index (χ1v) is 4.62. The molecule has 0 heterocycles. The fourth-order valence-corrected chi connectivity index (χ4v) is 0.981. The Morgan fingerprint density at radius 2 is 1.94 bits per heavy atom. The van der Waals surface area contributed by atoms with Crippen molar-refractivity contribution < 1.29 is 14.4 Å². The number of benzene rings is 1. The van der Waals surface area contributed by atoms with Gasteiger partial charge in [-0.1, -0.05) is 48.6 Å². The zero-order chi connectivity index (χ0) is 11.6. The first-order chi connectivity index (χ1) is 7.83. The van der Waals surface area contributed by atoms with Crippen LogP contribution in [0.25, 0.3) is 6.08 Å². The number of carbonyl (C=O) groups is 2. The molecule has 1 aromatic carbocycles. The summed E-state index contributed by atoms with van der Waals surface area (Å²) in [4.78, 5) is 24.9. The van der Waals surface area contributed by atoms with Gasteiger partial charge in [0, 0.05) is 6.08 Å². The van der Waals surface area contributed by atoms with E-state index >= 15 is 0 Å². The second-order valence-electron chi connectivity index (χ2n) is 2.79. The molecule has 0 saturated carbocycles. The van der Waals surface area contributed by atoms with Crippen LogP contribution in [0.3, 0.4) is 0 Å². The van der Waals surface area contributed by atoms with Crippen LogP contribution in [0.4, 0.5) is 0 Å². The summed E-state index contributed by atoms with van der Waals surface area (Å²) >= 11 is 0. The summed E-state index contributed by atoms with van der Waals surface area (Å²) in [6.45, 7) is 0. The van der Waals surface area contributed by atoms with Gasteiger partial charge >= 0.3 is 5.97 Å². The Morgan fingerprint density at radius 3 is 2.62 bits per heavy atom. The zero-order valence-corrected chi connectivity index (χ0v) is 8.50. The summed E-state index contributed by atoms with van der Waals surface area (Å²) in [6.07, 6.45) is 6.57. The predicted octanol–water partition coefficient (Wildman–Crippen LogP) is 1.46. The molecule has 0 aromatic heterocycles. The van der Waals surface area contributed by atoms with Crippen molar-refractivity contribution in [3.05, 3.63) is 54.1 Å². The highest BCUT2D eigenvalue weighted by atomic mass is 16.7. The Hall–Kier alpha value is -2.36. The average molecular weight is 217 g/mol. The molecule has 0 aliphatic carbocycles. The fourth-order valence-electron chi connectivity index (χ4n) is 0.981. The molecule has 0 fully saturated rings. The molecule has 0 atom stereocenters. The van der Waals surface area contributed by atoms with E-state index < -0.39 is 5.97 Å². The molecule has 1 N–H and O–H groups in total. The van der Waals surface area contributed by atoms with E-state index in [9.17, 15) is 9.59 Å². The number of rotatable bonds is 5. The lowest BCUT2D eigenvalue weighted by molar-refractivity contribution is -0.149. The van der Waals surface area contributed by atoms with Crippen LogP contribution in [0.15, 0.2) is 48.6 Å². The third-order valence-corrected chi connectivity index (χ3v) is 1.64. The van der Waals surface area contributed by atoms with Gasteiger partial charge in [0.1, 0.15) is 0 Å². The molecule has 82 valence electrons. The van der Waals surface area contributed by atoms with Crippen LogP contribution in [-0.4, -0.2) is 12.4 Å². The molecule has 1 rings (SSSR count). The van der Waals surface area contributed by atoms with Crippen molar-refractivity contribution in [3.8, 4) is 0 Å². The van der Waals surface area contributed by atoms with Gasteiger partial charge in [-0.2, -0.15) is 5.48 Å². The Balaban J connectivity index is 2.39. The van der Waals surface area contributed by atoms with Crippen LogP contribution >= 0.6 is 0 Å². The lowest BCUT2D eigenvalue weighted by atomic mass is 10.2. The minimum atomic E-state index is -0.634. The monoisotopic (exact) mass is 217 g/mol. The standard InChI is InChI=1S/C12H11NO3/c14-10-13-16-12(15)9-5-4-8-11-6-2-1-3-7-11/h1-10H,(H,13,14)/b8-4+,9-5+. The van der Waals surface area contributed by atoms with Crippen LogP contribution in [0, 0.1) is 0 Å². The third-order valence-electron chi connectivity index (χ3n) is 1.64. The second-order valence-corrected chi connectivity index (χ2v) is 2.79. The molecule has 4 nitrogen and oxygen atoms in total. The maximum Gasteiger partial charge on any atom is 0.355 e. The summed E-state index contributed by atoms with van der Waals surface area (Å²) in [5, 5.41) is 0. The molecule has 0 radical (unpaired) electrons. The van der Waals surface area contributed by atoms with Gasteiger partial charge in [-0.3, -0.25) is 4.79 Å². The second kappa shape index (κ2) is 7.00. The van der Waals surface area contributed by atoms with Crippen LogP contribution < -0.4 is 5.48 Å². The minimum Gasteiger partial charge on any atom is -0.336 e. The maximum atomic E-state index is 10.8. The molecule has 0 aliphatic rings. The van der Waals surface area contributed by atoms with Crippen molar-refractivity contribution in [2.24, 2.45) is 0 Å². The van der Waals surface area contributed by atoms with E-state index in [4.69, 9.17) is 0 Å². The molecule has 0 spiro atoms. The van der Waals surface area contributed by atoms with Crippen molar-refractivity contribution in [2.75, 3.05) is 0 Å². The molecule has 16 heavy (non-hydrogen) atoms. The Bertz CT molecular complexity index is 396. The molecule has 0 unspecified atom stereocenters. The molecular weight excluding hydrogens is 206 g/mol. The summed E-state index contributed by atoms with van der Waals surface area (Å²) < 4.78 is 0. The Labute approximate surface area is 93.2 Å². The number of nitrogens with one attached hydrogen (secondary N) is 1. The lowest BCUT2D eigenvalue weighted by Crippen LogP contribution is -2.15. The smallest absolute Gasteiger partial charge is 0.336 e. The van der Waals surface area contributed by atoms with Crippen molar-refractivity contribution in [2.45, 2.75) is 0 Å². The van der Waals surface area contributed by atoms with Gasteiger partial charge < -0.3 is 4.84 Å². The minimum absolute atomic E-state index is 0.283. The summed E-state index contributed by atoms with van der Waals surface area (Å²) in [7, 11) is 0. The first kappa shape index (κ1) is 11.7. The number of hydroxylamine groups is 1. The van der Waals surface area contributed by atoms with E-state index in [1.165, 1.54) is 12.2 Å². The van der Waals surface area contributed by atoms with Crippen molar-refractivity contribution in [1.29, 1.82) is 0 Å². The van der Waals surface area contributed by atoms with Crippen molar-refractivity contribution in [1.82, 2.24) is 5.48 Å². The highest BCUT2D eigenvalue weighted by Gasteiger charge is 1.92. The molecular formula is C12H11NO3. The topological polar surface area (TPSA) is 55.4 Å². The Kier molecular flexibility index (Phi) is 5.13. The van der Waals surface area contributed by atoms with Gasteiger partial charge in [0.2, 0.25) is 6.41 Å². The SMILES string of the molecule is O=CNOC(=O)/C=C/C=C/c1ccccc1. The van der Waals surface area contributed by atoms with Gasteiger partial charge in [0.25, 0.3) is 0 Å². The van der Waals surface area contributed by atoms with Gasteiger partial charge in [-0.25, -0.2) is 4.79 Å². The first-order valence-electron chi connectivity index (χ1n) is 4.62. The average Bonchev–Trinajstić information content (AvgIpc) is 2.33. The number of hydrogen-bond donors (Lipinski definition) is 1. The maximum absolute atomic E-state index is 10.8. The molecule has 0 saturated heterocycles. The van der Waals surface area contributed by atoms with Crippen LogP contribution in [-0.2, 0) is 14.4 Å². The van der Waals surface area contributed by atoms with E-state index in [-0.39, 0.29) is 6.41 Å². The molecule has 1 amide bonds. The van der Waals surface area contributed by atoms with Crippen molar-refractivity contribution in [3.63, 3.8) is 0 Å². The number of hydrogen-bond acceptors (Lipinski definition) is 3. The molecule has 0 aliphatic heterocycles. The quantitative estimate of drug-likeness (QED) is 0.351. The molecule has 4 heteroatoms. The normalized spacial score (nSPS) is 10.5. The van der Waals surface area contributed by atoms with E-state index in [1.807, 2.05) is 36.4 Å². The number of amides is 1. The fraction of sp³-hybridized carbons (Fsp3) is 0. The summed E-state index contributed by atoms with van der Waals surface area (Å²) in [6, 6.07) is 9.65. The lowest BCUT2D eigenvalue weighted by Gasteiger charge is -1.93. The van der Waals surface area contributed by atoms with Gasteiger partial charge in [-0.05, 0) is 5.56 Å². The highest BCUT2D eigenvalue weighted by Crippen LogP contribution is 2.00. The van der Waals surface area contributed by atoms with Gasteiger partial charge in [0.05, 0.1) is 0 Å². The largest absolute Gasteiger partial charge is 0.355 e. The van der Waals surface area contributed by atoms with Crippen LogP contribution in [0.2, 0.25) is 0 Å². The van der Waals surface area contributed by atoms with E-state index in [0.29, 0.717) is 0 Å². The van der Waals surface area contributed by atoms with E-state index in [2.05, 4.69) is 4.84 Å². The van der Waals surface area contributed by atoms with E-state index in [1.54, 1.807) is 11.6 Å². The van der Waals surface area contributed by atoms with Crippen molar-refractivity contribution >= 4 is 18.5 Å². The predicted molar refractivity (Wildman–Crippen MR) is 59.9 cm³/mol. The molecule has 1 aromatic rings. The van der Waals surface area contributed by atoms with Crippen LogP contribution in [0.1, 0.15) is 5.56 Å². The number of carbonyl (C=O) groups excluding carboxylic acids is 2. The zero-order valence-electron chi connectivity index (χ0n) is 8.50. The number of allylic oxidation sites excluding steroid dienone is 2. The molecule has 0 bridgehead atoms. The van der Waals surface area contributed by atoms with Gasteiger partial charge in [-0.15, -0.1) is 0 Å². The van der Waals surface area contributed by atoms with Gasteiger partial charge in [0.15, 0.2) is 0 Å².